The Labute approximate surface area is 138 Å². The molecule has 0 bridgehead atoms. The van der Waals surface area contributed by atoms with Crippen molar-refractivity contribution in [3.8, 4) is 0 Å². The highest BCUT2D eigenvalue weighted by Crippen LogP contribution is 2.25. The minimum absolute atomic E-state index is 0.0555. The van der Waals surface area contributed by atoms with E-state index < -0.39 is 0 Å². The van der Waals surface area contributed by atoms with Gasteiger partial charge in [0.05, 0.1) is 12.5 Å². The molecule has 1 N–H and O–H groups in total. The third-order valence-corrected chi connectivity index (χ3v) is 4.94. The summed E-state index contributed by atoms with van der Waals surface area (Å²) in [7, 11) is 0. The summed E-state index contributed by atoms with van der Waals surface area (Å²) in [6.45, 7) is 6.24. The maximum absolute atomic E-state index is 12.3. The van der Waals surface area contributed by atoms with Gasteiger partial charge < -0.3 is 5.32 Å². The lowest BCUT2D eigenvalue weighted by Crippen LogP contribution is -2.28. The van der Waals surface area contributed by atoms with Crippen LogP contribution >= 0.6 is 0 Å². The van der Waals surface area contributed by atoms with Gasteiger partial charge in [0.25, 0.3) is 0 Å². The van der Waals surface area contributed by atoms with Crippen LogP contribution in [0.2, 0.25) is 0 Å². The molecule has 0 heterocycles. The highest BCUT2D eigenvalue weighted by molar-refractivity contribution is 5.79. The number of amides is 1. The number of nitrogens with one attached hydrogen (secondary N) is 1. The zero-order chi connectivity index (χ0) is 16.4. The summed E-state index contributed by atoms with van der Waals surface area (Å²) in [6, 6.07) is 12.9. The maximum atomic E-state index is 12.3. The van der Waals surface area contributed by atoms with Crippen molar-refractivity contribution in [1.82, 2.24) is 5.32 Å². The van der Waals surface area contributed by atoms with Gasteiger partial charge in [0.1, 0.15) is 0 Å². The molecule has 1 atom stereocenters. The van der Waals surface area contributed by atoms with E-state index in [1.54, 1.807) is 0 Å². The fraction of sp³-hybridized carbons (Fsp3) is 0.381. The van der Waals surface area contributed by atoms with Crippen LogP contribution in [0.3, 0.4) is 0 Å². The van der Waals surface area contributed by atoms with Crippen molar-refractivity contribution in [2.75, 3.05) is 0 Å². The Morgan fingerprint density at radius 2 is 1.83 bits per heavy atom. The first kappa shape index (κ1) is 15.8. The second kappa shape index (κ2) is 6.57. The van der Waals surface area contributed by atoms with Gasteiger partial charge in [0.2, 0.25) is 5.91 Å². The molecular formula is C21H25NO. The minimum atomic E-state index is 0.0555. The molecule has 0 aromatic heterocycles. The summed E-state index contributed by atoms with van der Waals surface area (Å²) >= 11 is 0. The molecule has 0 aliphatic heterocycles. The van der Waals surface area contributed by atoms with E-state index in [0.29, 0.717) is 6.42 Å². The average molecular weight is 307 g/mol. The van der Waals surface area contributed by atoms with Crippen molar-refractivity contribution in [3.63, 3.8) is 0 Å². The van der Waals surface area contributed by atoms with E-state index >= 15 is 0 Å². The number of hydrogen-bond donors (Lipinski definition) is 1. The molecule has 1 aliphatic carbocycles. The standard InChI is InChI=1S/C21H25NO/c1-14-7-8-17(11-15(14)2)12-21(23)22-16(3)19-10-9-18-5-4-6-20(18)13-19/h7-11,13,16H,4-6,12H2,1-3H3,(H,22,23)/t16-/m1/s1. The van der Waals surface area contributed by atoms with Crippen LogP contribution in [0.15, 0.2) is 36.4 Å². The molecule has 2 nitrogen and oxygen atoms in total. The average Bonchev–Trinajstić information content (AvgIpc) is 2.98. The van der Waals surface area contributed by atoms with Crippen molar-refractivity contribution in [2.24, 2.45) is 0 Å². The van der Waals surface area contributed by atoms with Crippen LogP contribution in [0.5, 0.6) is 0 Å². The van der Waals surface area contributed by atoms with Crippen molar-refractivity contribution < 1.29 is 4.79 Å². The SMILES string of the molecule is Cc1ccc(CC(=O)N[C@H](C)c2ccc3c(c2)CCC3)cc1C. The summed E-state index contributed by atoms with van der Waals surface area (Å²) < 4.78 is 0. The van der Waals surface area contributed by atoms with Gasteiger partial charge in [-0.05, 0) is 73.4 Å². The first-order valence-electron chi connectivity index (χ1n) is 8.50. The van der Waals surface area contributed by atoms with Crippen LogP contribution in [0.25, 0.3) is 0 Å². The second-order valence-electron chi connectivity index (χ2n) is 6.77. The highest BCUT2D eigenvalue weighted by atomic mass is 16.1. The summed E-state index contributed by atoms with van der Waals surface area (Å²) in [6.07, 6.45) is 4.07. The lowest BCUT2D eigenvalue weighted by Gasteiger charge is -2.16. The van der Waals surface area contributed by atoms with Gasteiger partial charge in [-0.15, -0.1) is 0 Å². The molecule has 120 valence electrons. The molecule has 0 saturated carbocycles. The van der Waals surface area contributed by atoms with Gasteiger partial charge in [0.15, 0.2) is 0 Å². The van der Waals surface area contributed by atoms with Crippen molar-refractivity contribution >= 4 is 5.91 Å². The van der Waals surface area contributed by atoms with Crippen molar-refractivity contribution in [1.29, 1.82) is 0 Å². The van der Waals surface area contributed by atoms with E-state index in [9.17, 15) is 4.79 Å². The molecule has 1 aliphatic rings. The molecule has 23 heavy (non-hydrogen) atoms. The van der Waals surface area contributed by atoms with Crippen molar-refractivity contribution in [3.05, 3.63) is 69.8 Å². The molecule has 0 spiro atoms. The lowest BCUT2D eigenvalue weighted by molar-refractivity contribution is -0.121. The zero-order valence-electron chi connectivity index (χ0n) is 14.3. The lowest BCUT2D eigenvalue weighted by atomic mass is 10.0. The first-order chi connectivity index (χ1) is 11.0. The summed E-state index contributed by atoms with van der Waals surface area (Å²) in [5.74, 6) is 0.0845. The van der Waals surface area contributed by atoms with Crippen LogP contribution in [-0.2, 0) is 24.1 Å². The summed E-state index contributed by atoms with van der Waals surface area (Å²) in [4.78, 5) is 12.3. The Morgan fingerprint density at radius 1 is 1.04 bits per heavy atom. The van der Waals surface area contributed by atoms with Crippen LogP contribution in [0.4, 0.5) is 0 Å². The minimum Gasteiger partial charge on any atom is -0.349 e. The van der Waals surface area contributed by atoms with Crippen LogP contribution in [-0.4, -0.2) is 5.91 Å². The number of benzene rings is 2. The van der Waals surface area contributed by atoms with Crippen LogP contribution in [0.1, 0.15) is 52.8 Å². The molecule has 3 rings (SSSR count). The van der Waals surface area contributed by atoms with Gasteiger partial charge in [0, 0.05) is 0 Å². The largest absolute Gasteiger partial charge is 0.349 e. The van der Waals surface area contributed by atoms with E-state index in [1.807, 2.05) is 6.07 Å². The molecule has 1 amide bonds. The van der Waals surface area contributed by atoms with E-state index in [2.05, 4.69) is 56.4 Å². The Hall–Kier alpha value is -2.09. The maximum Gasteiger partial charge on any atom is 0.224 e. The number of carbonyl (C=O) groups excluding carboxylic acids is 1. The topological polar surface area (TPSA) is 29.1 Å². The summed E-state index contributed by atoms with van der Waals surface area (Å²) in [5, 5.41) is 3.13. The van der Waals surface area contributed by atoms with Gasteiger partial charge in [-0.2, -0.15) is 0 Å². The molecule has 0 saturated heterocycles. The van der Waals surface area contributed by atoms with E-state index in [-0.39, 0.29) is 11.9 Å². The molecule has 2 aromatic rings. The zero-order valence-corrected chi connectivity index (χ0v) is 14.3. The fourth-order valence-corrected chi connectivity index (χ4v) is 3.34. The molecule has 0 unspecified atom stereocenters. The van der Waals surface area contributed by atoms with Gasteiger partial charge >= 0.3 is 0 Å². The predicted octanol–water partition coefficient (Wildman–Crippen LogP) is 4.21. The molecular weight excluding hydrogens is 282 g/mol. The van der Waals surface area contributed by atoms with Gasteiger partial charge in [-0.1, -0.05) is 36.4 Å². The molecule has 2 aromatic carbocycles. The predicted molar refractivity (Wildman–Crippen MR) is 94.6 cm³/mol. The first-order valence-corrected chi connectivity index (χ1v) is 8.50. The number of rotatable bonds is 4. The molecule has 2 heteroatoms. The number of fused-ring (bicyclic) bond motifs is 1. The third-order valence-electron chi connectivity index (χ3n) is 4.94. The van der Waals surface area contributed by atoms with E-state index in [0.717, 1.165) is 5.56 Å². The summed E-state index contributed by atoms with van der Waals surface area (Å²) in [5.41, 5.74) is 7.72. The quantitative estimate of drug-likeness (QED) is 0.900. The normalized spacial score (nSPS) is 14.4. The number of carbonyl (C=O) groups is 1. The van der Waals surface area contributed by atoms with E-state index in [4.69, 9.17) is 0 Å². The monoisotopic (exact) mass is 307 g/mol. The highest BCUT2D eigenvalue weighted by Gasteiger charge is 2.15. The smallest absolute Gasteiger partial charge is 0.224 e. The Kier molecular flexibility index (Phi) is 4.51. The Bertz CT molecular complexity index is 733. The Balaban J connectivity index is 1.64. The Morgan fingerprint density at radius 3 is 2.61 bits per heavy atom. The van der Waals surface area contributed by atoms with E-state index in [1.165, 1.54) is 47.1 Å². The van der Waals surface area contributed by atoms with Gasteiger partial charge in [-0.25, -0.2) is 0 Å². The third kappa shape index (κ3) is 3.64. The number of hydrogen-bond acceptors (Lipinski definition) is 1. The molecule has 0 fully saturated rings. The molecule has 0 radical (unpaired) electrons. The number of aryl methyl sites for hydroxylation is 4. The van der Waals surface area contributed by atoms with Gasteiger partial charge in [-0.3, -0.25) is 4.79 Å². The fourth-order valence-electron chi connectivity index (χ4n) is 3.34. The van der Waals surface area contributed by atoms with Crippen molar-refractivity contribution in [2.45, 2.75) is 52.5 Å². The second-order valence-corrected chi connectivity index (χ2v) is 6.77. The van der Waals surface area contributed by atoms with Crippen LogP contribution in [0, 0.1) is 13.8 Å². The van der Waals surface area contributed by atoms with Crippen LogP contribution < -0.4 is 5.32 Å².